The smallest absolute Gasteiger partial charge is 0.240 e. The molecule has 2 rings (SSSR count). The molecule has 1 heterocycles. The molecule has 104 valence electrons. The van der Waals surface area contributed by atoms with Crippen LogP contribution in [0.1, 0.15) is 12.8 Å². The molecule has 0 spiro atoms. The highest BCUT2D eigenvalue weighted by atomic mass is 16.3. The molecule has 1 aromatic carbocycles. The number of nitrogens with two attached hydrogens (primary N) is 1. The van der Waals surface area contributed by atoms with Gasteiger partial charge < -0.3 is 15.7 Å². The number of rotatable bonds is 3. The van der Waals surface area contributed by atoms with Crippen molar-refractivity contribution >= 4 is 17.3 Å². The molecule has 1 aliphatic rings. The topological polar surface area (TPSA) is 69.8 Å². The molecule has 1 unspecified atom stereocenters. The van der Waals surface area contributed by atoms with E-state index in [1.54, 1.807) is 24.1 Å². The van der Waals surface area contributed by atoms with Gasteiger partial charge in [0.2, 0.25) is 5.91 Å². The lowest BCUT2D eigenvalue weighted by atomic mass is 10.1. The van der Waals surface area contributed by atoms with Crippen molar-refractivity contribution < 1.29 is 9.90 Å². The molecule has 1 aromatic rings. The van der Waals surface area contributed by atoms with Crippen LogP contribution in [0, 0.1) is 0 Å². The van der Waals surface area contributed by atoms with E-state index in [0.29, 0.717) is 18.8 Å². The van der Waals surface area contributed by atoms with Gasteiger partial charge in [-0.2, -0.15) is 0 Å². The molecule has 0 aliphatic carbocycles. The Morgan fingerprint density at radius 3 is 2.79 bits per heavy atom. The summed E-state index contributed by atoms with van der Waals surface area (Å²) in [7, 11) is 1.76. The van der Waals surface area contributed by atoms with Crippen molar-refractivity contribution in [1.82, 2.24) is 4.90 Å². The van der Waals surface area contributed by atoms with Crippen molar-refractivity contribution in [3.8, 4) is 0 Å². The number of β-amino-alcohol motifs (C(OH)–C–C–N with tert-alkyl or cyclic N) is 1. The summed E-state index contributed by atoms with van der Waals surface area (Å²) in [4.78, 5) is 15.8. The number of nitrogens with zero attached hydrogens (tertiary/aromatic N) is 2. The van der Waals surface area contributed by atoms with Crippen molar-refractivity contribution in [3.63, 3.8) is 0 Å². The summed E-state index contributed by atoms with van der Waals surface area (Å²) in [5.41, 5.74) is 7.14. The van der Waals surface area contributed by atoms with Crippen LogP contribution in [0.15, 0.2) is 24.3 Å². The molecule has 0 bridgehead atoms. The molecule has 5 heteroatoms. The quantitative estimate of drug-likeness (QED) is 0.787. The van der Waals surface area contributed by atoms with Crippen molar-refractivity contribution in [2.24, 2.45) is 0 Å². The molecule has 5 nitrogen and oxygen atoms in total. The second kappa shape index (κ2) is 6.04. The van der Waals surface area contributed by atoms with Gasteiger partial charge in [-0.1, -0.05) is 0 Å². The van der Waals surface area contributed by atoms with Gasteiger partial charge in [0.1, 0.15) is 0 Å². The first kappa shape index (κ1) is 13.8. The lowest BCUT2D eigenvalue weighted by molar-refractivity contribution is -0.120. The zero-order chi connectivity index (χ0) is 13.8. The SMILES string of the molecule is CN(C(=O)CN1CCCC(O)C1)c1ccc(N)cc1. The summed E-state index contributed by atoms with van der Waals surface area (Å²) in [6.45, 7) is 1.80. The number of hydrogen-bond acceptors (Lipinski definition) is 4. The largest absolute Gasteiger partial charge is 0.399 e. The third-order valence-corrected chi connectivity index (χ3v) is 3.49. The van der Waals surface area contributed by atoms with Gasteiger partial charge in [-0.15, -0.1) is 0 Å². The molecule has 0 radical (unpaired) electrons. The number of carbonyl (C=O) groups excluding carboxylic acids is 1. The predicted octanol–water partition coefficient (Wildman–Crippen LogP) is 0.688. The van der Waals surface area contributed by atoms with Crippen molar-refractivity contribution in [1.29, 1.82) is 0 Å². The van der Waals surface area contributed by atoms with E-state index in [0.717, 1.165) is 25.1 Å². The number of hydrogen-bond donors (Lipinski definition) is 2. The number of likely N-dealkylation sites (N-methyl/N-ethyl adjacent to an activating group) is 1. The zero-order valence-electron chi connectivity index (χ0n) is 11.2. The molecule has 0 saturated carbocycles. The third kappa shape index (κ3) is 3.68. The van der Waals surface area contributed by atoms with Crippen LogP contribution in [0.4, 0.5) is 11.4 Å². The van der Waals surface area contributed by atoms with Crippen LogP contribution < -0.4 is 10.6 Å². The number of amides is 1. The molecule has 0 aromatic heterocycles. The molecular formula is C14H21N3O2. The van der Waals surface area contributed by atoms with Crippen LogP contribution in [0.25, 0.3) is 0 Å². The summed E-state index contributed by atoms with van der Waals surface area (Å²) in [6, 6.07) is 7.23. The highest BCUT2D eigenvalue weighted by molar-refractivity contribution is 5.94. The number of benzene rings is 1. The average molecular weight is 263 g/mol. The molecule has 1 atom stereocenters. The molecule has 1 saturated heterocycles. The van der Waals surface area contributed by atoms with Gasteiger partial charge in [0.05, 0.1) is 12.6 Å². The molecule has 1 aliphatic heterocycles. The monoisotopic (exact) mass is 263 g/mol. The number of nitrogen functional groups attached to an aromatic ring is 1. The van der Waals surface area contributed by atoms with Gasteiger partial charge in [-0.05, 0) is 43.7 Å². The minimum absolute atomic E-state index is 0.0267. The molecular weight excluding hydrogens is 242 g/mol. The first-order chi connectivity index (χ1) is 9.06. The number of likely N-dealkylation sites (tertiary alicyclic amines) is 1. The summed E-state index contributed by atoms with van der Waals surface area (Å²) in [5, 5.41) is 9.60. The van der Waals surface area contributed by atoms with Crippen molar-refractivity contribution in [2.45, 2.75) is 18.9 Å². The van der Waals surface area contributed by atoms with Crippen LogP contribution in [0.5, 0.6) is 0 Å². The zero-order valence-corrected chi connectivity index (χ0v) is 11.2. The van der Waals surface area contributed by atoms with E-state index in [1.807, 2.05) is 17.0 Å². The average Bonchev–Trinajstić information content (AvgIpc) is 2.39. The second-order valence-electron chi connectivity index (χ2n) is 5.08. The van der Waals surface area contributed by atoms with Crippen LogP contribution in [0.3, 0.4) is 0 Å². The Labute approximate surface area is 113 Å². The van der Waals surface area contributed by atoms with E-state index in [2.05, 4.69) is 0 Å². The van der Waals surface area contributed by atoms with Crippen LogP contribution >= 0.6 is 0 Å². The van der Waals surface area contributed by atoms with E-state index in [-0.39, 0.29) is 12.0 Å². The number of piperidine rings is 1. The maximum Gasteiger partial charge on any atom is 0.240 e. The lowest BCUT2D eigenvalue weighted by Crippen LogP contribution is -2.44. The van der Waals surface area contributed by atoms with Gasteiger partial charge in [0.15, 0.2) is 0 Å². The van der Waals surface area contributed by atoms with Crippen molar-refractivity contribution in [3.05, 3.63) is 24.3 Å². The number of aliphatic hydroxyl groups is 1. The second-order valence-corrected chi connectivity index (χ2v) is 5.08. The Balaban J connectivity index is 1.93. The normalized spacial score (nSPS) is 20.2. The highest BCUT2D eigenvalue weighted by Gasteiger charge is 2.21. The Kier molecular flexibility index (Phi) is 4.39. The van der Waals surface area contributed by atoms with Crippen LogP contribution in [-0.4, -0.2) is 48.7 Å². The molecule has 1 fully saturated rings. The Morgan fingerprint density at radius 2 is 2.16 bits per heavy atom. The number of anilines is 2. The molecule has 3 N–H and O–H groups in total. The van der Waals surface area contributed by atoms with Crippen LogP contribution in [0.2, 0.25) is 0 Å². The van der Waals surface area contributed by atoms with E-state index < -0.39 is 0 Å². The molecule has 1 amide bonds. The summed E-state index contributed by atoms with van der Waals surface area (Å²) >= 11 is 0. The van der Waals surface area contributed by atoms with E-state index in [4.69, 9.17) is 5.73 Å². The fourth-order valence-corrected chi connectivity index (χ4v) is 2.31. The Bertz CT molecular complexity index is 433. The Hall–Kier alpha value is -1.59. The molecule has 19 heavy (non-hydrogen) atoms. The van der Waals surface area contributed by atoms with Crippen molar-refractivity contribution in [2.75, 3.05) is 37.3 Å². The van der Waals surface area contributed by atoms with Gasteiger partial charge in [0.25, 0.3) is 0 Å². The maximum atomic E-state index is 12.2. The Morgan fingerprint density at radius 1 is 1.47 bits per heavy atom. The third-order valence-electron chi connectivity index (χ3n) is 3.49. The predicted molar refractivity (Wildman–Crippen MR) is 75.9 cm³/mol. The van der Waals surface area contributed by atoms with E-state index in [1.165, 1.54) is 0 Å². The van der Waals surface area contributed by atoms with Crippen LogP contribution in [-0.2, 0) is 4.79 Å². The van der Waals surface area contributed by atoms with Gasteiger partial charge >= 0.3 is 0 Å². The number of carbonyl (C=O) groups is 1. The van der Waals surface area contributed by atoms with Gasteiger partial charge in [0, 0.05) is 25.0 Å². The van der Waals surface area contributed by atoms with Gasteiger partial charge in [-0.25, -0.2) is 0 Å². The summed E-state index contributed by atoms with van der Waals surface area (Å²) in [5.74, 6) is 0.0267. The lowest BCUT2D eigenvalue weighted by Gasteiger charge is -2.30. The summed E-state index contributed by atoms with van der Waals surface area (Å²) < 4.78 is 0. The fraction of sp³-hybridized carbons (Fsp3) is 0.500. The fourth-order valence-electron chi connectivity index (χ4n) is 2.31. The first-order valence-corrected chi connectivity index (χ1v) is 6.59. The van der Waals surface area contributed by atoms with E-state index >= 15 is 0 Å². The minimum Gasteiger partial charge on any atom is -0.399 e. The first-order valence-electron chi connectivity index (χ1n) is 6.59. The maximum absolute atomic E-state index is 12.2. The van der Waals surface area contributed by atoms with E-state index in [9.17, 15) is 9.90 Å². The highest BCUT2D eigenvalue weighted by Crippen LogP contribution is 2.16. The summed E-state index contributed by atoms with van der Waals surface area (Å²) in [6.07, 6.45) is 1.47. The number of aliphatic hydroxyl groups excluding tert-OH is 1. The minimum atomic E-state index is -0.302. The van der Waals surface area contributed by atoms with Gasteiger partial charge in [-0.3, -0.25) is 9.69 Å². The standard InChI is InChI=1S/C14H21N3O2/c1-16(12-6-4-11(15)5-7-12)14(19)10-17-8-2-3-13(18)9-17/h4-7,13,18H,2-3,8-10,15H2,1H3.